The maximum atomic E-state index is 9.21. The lowest BCUT2D eigenvalue weighted by Crippen LogP contribution is -2.20. The van der Waals surface area contributed by atoms with E-state index < -0.39 is 0 Å². The van der Waals surface area contributed by atoms with Gasteiger partial charge in [0.05, 0.1) is 19.4 Å². The van der Waals surface area contributed by atoms with Crippen LogP contribution in [0, 0.1) is 0 Å². The molecule has 1 fully saturated rings. The Morgan fingerprint density at radius 1 is 1.07 bits per heavy atom. The fourth-order valence-electron chi connectivity index (χ4n) is 3.68. The number of aromatic nitrogens is 3. The maximum Gasteiger partial charge on any atom is 0.316 e. The van der Waals surface area contributed by atoms with Crippen LogP contribution in [0.3, 0.4) is 0 Å². The summed E-state index contributed by atoms with van der Waals surface area (Å²) in [6, 6.07) is 12.6. The van der Waals surface area contributed by atoms with Crippen molar-refractivity contribution in [3.05, 3.63) is 71.7 Å². The number of aliphatic hydroxyl groups is 1. The van der Waals surface area contributed by atoms with E-state index in [-0.39, 0.29) is 6.61 Å². The quantitative estimate of drug-likeness (QED) is 0.713. The topological polar surface area (TPSA) is 71.4 Å². The first kappa shape index (κ1) is 18.5. The summed E-state index contributed by atoms with van der Waals surface area (Å²) >= 11 is 0. The van der Waals surface area contributed by atoms with Crippen LogP contribution in [0.15, 0.2) is 55.0 Å². The van der Waals surface area contributed by atoms with Gasteiger partial charge in [0.25, 0.3) is 0 Å². The molecular formula is C22H24N4O2. The van der Waals surface area contributed by atoms with Crippen LogP contribution in [-0.2, 0) is 13.2 Å². The van der Waals surface area contributed by atoms with Crippen molar-refractivity contribution < 1.29 is 9.84 Å². The van der Waals surface area contributed by atoms with Gasteiger partial charge < -0.3 is 9.84 Å². The zero-order valence-electron chi connectivity index (χ0n) is 16.0. The molecule has 1 saturated heterocycles. The molecule has 0 spiro atoms. The molecule has 1 N–H and O–H groups in total. The number of ether oxygens (including phenoxy) is 1. The highest BCUT2D eigenvalue weighted by atomic mass is 16.5. The van der Waals surface area contributed by atoms with E-state index in [9.17, 15) is 5.11 Å². The predicted molar refractivity (Wildman–Crippen MR) is 107 cm³/mol. The maximum absolute atomic E-state index is 9.21. The number of likely N-dealkylation sites (tertiary alicyclic amines) is 1. The standard InChI is InChI=1S/C22H24N4O2/c1-28-22-24-11-17(12-25-22)13-26-9-7-20(14-26)19-6-8-23-21(10-19)18-4-2-16(15-27)3-5-18/h2-6,8,10-12,20,27H,7,9,13-15H2,1H3/t20-/m1/s1. The normalized spacial score (nSPS) is 17.0. The van der Waals surface area contributed by atoms with Crippen LogP contribution in [0.25, 0.3) is 11.3 Å². The molecule has 0 unspecified atom stereocenters. The molecule has 3 aromatic rings. The molecule has 0 radical (unpaired) electrons. The van der Waals surface area contributed by atoms with Gasteiger partial charge in [-0.1, -0.05) is 24.3 Å². The summed E-state index contributed by atoms with van der Waals surface area (Å²) in [5.74, 6) is 0.498. The summed E-state index contributed by atoms with van der Waals surface area (Å²) in [6.45, 7) is 2.98. The van der Waals surface area contributed by atoms with E-state index in [0.29, 0.717) is 11.9 Å². The number of benzene rings is 1. The Kier molecular flexibility index (Phi) is 5.60. The van der Waals surface area contributed by atoms with E-state index in [0.717, 1.165) is 48.4 Å². The highest BCUT2D eigenvalue weighted by Crippen LogP contribution is 2.30. The lowest BCUT2D eigenvalue weighted by Gasteiger charge is -2.16. The third-order valence-electron chi connectivity index (χ3n) is 5.23. The Labute approximate surface area is 164 Å². The molecule has 0 aliphatic carbocycles. The lowest BCUT2D eigenvalue weighted by atomic mass is 9.97. The molecule has 6 nitrogen and oxygen atoms in total. The van der Waals surface area contributed by atoms with Gasteiger partial charge in [0.2, 0.25) is 0 Å². The Hall–Kier alpha value is -2.83. The molecule has 3 heterocycles. The zero-order valence-corrected chi connectivity index (χ0v) is 16.0. The van der Waals surface area contributed by atoms with Crippen molar-refractivity contribution in [2.24, 2.45) is 0 Å². The smallest absolute Gasteiger partial charge is 0.316 e. The first-order valence-electron chi connectivity index (χ1n) is 9.48. The van der Waals surface area contributed by atoms with Gasteiger partial charge in [-0.2, -0.15) is 0 Å². The molecule has 28 heavy (non-hydrogen) atoms. The third kappa shape index (κ3) is 4.18. The van der Waals surface area contributed by atoms with Crippen LogP contribution >= 0.6 is 0 Å². The second kappa shape index (κ2) is 8.46. The van der Waals surface area contributed by atoms with E-state index in [1.807, 2.05) is 42.9 Å². The number of methoxy groups -OCH3 is 1. The van der Waals surface area contributed by atoms with Crippen LogP contribution in [-0.4, -0.2) is 45.2 Å². The molecule has 0 amide bonds. The van der Waals surface area contributed by atoms with Crippen molar-refractivity contribution in [2.45, 2.75) is 25.5 Å². The van der Waals surface area contributed by atoms with Crippen molar-refractivity contribution in [2.75, 3.05) is 20.2 Å². The van der Waals surface area contributed by atoms with Gasteiger partial charge in [-0.05, 0) is 42.1 Å². The van der Waals surface area contributed by atoms with E-state index in [4.69, 9.17) is 4.74 Å². The summed E-state index contributed by atoms with van der Waals surface area (Å²) in [7, 11) is 1.57. The molecule has 1 atom stereocenters. The fraction of sp³-hybridized carbons (Fsp3) is 0.318. The average Bonchev–Trinajstić information content (AvgIpc) is 3.23. The Bertz CT molecular complexity index is 913. The second-order valence-corrected chi connectivity index (χ2v) is 7.13. The summed E-state index contributed by atoms with van der Waals surface area (Å²) in [6.07, 6.45) is 6.69. The van der Waals surface area contributed by atoms with Gasteiger partial charge >= 0.3 is 6.01 Å². The Balaban J connectivity index is 1.43. The van der Waals surface area contributed by atoms with Crippen LogP contribution in [0.5, 0.6) is 6.01 Å². The highest BCUT2D eigenvalue weighted by Gasteiger charge is 2.24. The van der Waals surface area contributed by atoms with Crippen LogP contribution in [0.2, 0.25) is 0 Å². The Morgan fingerprint density at radius 3 is 2.57 bits per heavy atom. The molecule has 1 aromatic carbocycles. The molecule has 1 aliphatic rings. The molecule has 144 valence electrons. The van der Waals surface area contributed by atoms with E-state index in [1.54, 1.807) is 7.11 Å². The minimum absolute atomic E-state index is 0.0604. The molecule has 4 rings (SSSR count). The van der Waals surface area contributed by atoms with Crippen LogP contribution in [0.1, 0.15) is 29.0 Å². The average molecular weight is 376 g/mol. The molecule has 1 aliphatic heterocycles. The fourth-order valence-corrected chi connectivity index (χ4v) is 3.68. The number of aliphatic hydroxyl groups excluding tert-OH is 1. The van der Waals surface area contributed by atoms with E-state index in [2.05, 4.69) is 32.0 Å². The van der Waals surface area contributed by atoms with Crippen molar-refractivity contribution in [1.29, 1.82) is 0 Å². The monoisotopic (exact) mass is 376 g/mol. The van der Waals surface area contributed by atoms with Gasteiger partial charge in [0, 0.05) is 42.8 Å². The van der Waals surface area contributed by atoms with Crippen LogP contribution < -0.4 is 4.74 Å². The minimum Gasteiger partial charge on any atom is -0.467 e. The number of pyridine rings is 1. The zero-order chi connectivity index (χ0) is 19.3. The number of nitrogens with zero attached hydrogens (tertiary/aromatic N) is 4. The van der Waals surface area contributed by atoms with Crippen molar-refractivity contribution in [3.8, 4) is 17.3 Å². The number of hydrogen-bond acceptors (Lipinski definition) is 6. The predicted octanol–water partition coefficient (Wildman–Crippen LogP) is 3.03. The molecular weight excluding hydrogens is 352 g/mol. The SMILES string of the molecule is COc1ncc(CN2CC[C@@H](c3ccnc(-c4ccc(CO)cc4)c3)C2)cn1. The Morgan fingerprint density at radius 2 is 1.86 bits per heavy atom. The lowest BCUT2D eigenvalue weighted by molar-refractivity contribution is 0.282. The van der Waals surface area contributed by atoms with Gasteiger partial charge in [-0.15, -0.1) is 0 Å². The van der Waals surface area contributed by atoms with Gasteiger partial charge in [-0.3, -0.25) is 9.88 Å². The highest BCUT2D eigenvalue weighted by molar-refractivity contribution is 5.60. The van der Waals surface area contributed by atoms with E-state index >= 15 is 0 Å². The first-order chi connectivity index (χ1) is 13.7. The molecule has 6 heteroatoms. The van der Waals surface area contributed by atoms with Crippen LogP contribution in [0.4, 0.5) is 0 Å². The summed E-state index contributed by atoms with van der Waals surface area (Å²) < 4.78 is 5.02. The molecule has 0 bridgehead atoms. The summed E-state index contributed by atoms with van der Waals surface area (Å²) in [4.78, 5) is 15.4. The summed E-state index contributed by atoms with van der Waals surface area (Å²) in [5.41, 5.74) is 5.38. The minimum atomic E-state index is 0.0604. The molecule has 0 saturated carbocycles. The molecule has 2 aromatic heterocycles. The van der Waals surface area contributed by atoms with Crippen molar-refractivity contribution >= 4 is 0 Å². The number of hydrogen-bond donors (Lipinski definition) is 1. The van der Waals surface area contributed by atoms with E-state index in [1.165, 1.54) is 5.56 Å². The van der Waals surface area contributed by atoms with Gasteiger partial charge in [0.15, 0.2) is 0 Å². The third-order valence-corrected chi connectivity index (χ3v) is 5.23. The van der Waals surface area contributed by atoms with Crippen molar-refractivity contribution in [3.63, 3.8) is 0 Å². The summed E-state index contributed by atoms with van der Waals surface area (Å²) in [5, 5.41) is 9.21. The van der Waals surface area contributed by atoms with Gasteiger partial charge in [0.1, 0.15) is 0 Å². The second-order valence-electron chi connectivity index (χ2n) is 7.13. The van der Waals surface area contributed by atoms with Gasteiger partial charge in [-0.25, -0.2) is 9.97 Å². The largest absolute Gasteiger partial charge is 0.467 e. The first-order valence-corrected chi connectivity index (χ1v) is 9.48. The van der Waals surface area contributed by atoms with Crippen molar-refractivity contribution in [1.82, 2.24) is 19.9 Å². The number of rotatable bonds is 6.